The van der Waals surface area contributed by atoms with E-state index in [4.69, 9.17) is 0 Å². The summed E-state index contributed by atoms with van der Waals surface area (Å²) in [7, 11) is 0. The molecule has 10 aromatic carbocycles. The summed E-state index contributed by atoms with van der Waals surface area (Å²) in [5.41, 5.74) is 16.0. The van der Waals surface area contributed by atoms with Crippen molar-refractivity contribution in [2.24, 2.45) is 0 Å². The van der Waals surface area contributed by atoms with Gasteiger partial charge in [-0.15, -0.1) is 0 Å². The summed E-state index contributed by atoms with van der Waals surface area (Å²) < 4.78 is 0. The van der Waals surface area contributed by atoms with Crippen molar-refractivity contribution >= 4 is 53.9 Å². The number of hydrogen-bond acceptors (Lipinski definition) is 0. The van der Waals surface area contributed by atoms with E-state index >= 15 is 0 Å². The van der Waals surface area contributed by atoms with E-state index in [2.05, 4.69) is 198 Å². The molecule has 0 heterocycles. The topological polar surface area (TPSA) is 0 Å². The van der Waals surface area contributed by atoms with Crippen molar-refractivity contribution < 1.29 is 0 Å². The first-order valence-corrected chi connectivity index (χ1v) is 20.0. The maximum Gasteiger partial charge on any atom is 0.0159 e. The normalized spacial score (nSPS) is 14.7. The molecule has 0 heteroatoms. The third-order valence-electron chi connectivity index (χ3n) is 13.6. The van der Waals surface area contributed by atoms with Crippen LogP contribution in [0.15, 0.2) is 170 Å². The smallest absolute Gasteiger partial charge is 0.0159 e. The Bertz CT molecular complexity index is 3130. The summed E-state index contributed by atoms with van der Waals surface area (Å²) in [6.07, 6.45) is 0. The second kappa shape index (κ2) is 11.1. The van der Waals surface area contributed by atoms with Crippen LogP contribution in [-0.4, -0.2) is 0 Å². The van der Waals surface area contributed by atoms with Crippen molar-refractivity contribution in [1.29, 1.82) is 0 Å². The number of benzene rings is 10. The van der Waals surface area contributed by atoms with E-state index in [0.717, 1.165) is 0 Å². The Labute approximate surface area is 327 Å². The second-order valence-electron chi connectivity index (χ2n) is 17.2. The molecule has 2 aliphatic carbocycles. The molecule has 56 heavy (non-hydrogen) atoms. The minimum Gasteiger partial charge on any atom is -0.0616 e. The fraction of sp³-hybridized carbons (Fsp3) is 0.107. The molecule has 0 N–H and O–H groups in total. The summed E-state index contributed by atoms with van der Waals surface area (Å²) in [6, 6.07) is 64.4. The first-order chi connectivity index (χ1) is 27.3. The molecule has 0 atom stereocenters. The standard InChI is InChI=1S/C56H40/c1-55(2)49-27-25-44-43(53(49)45-23-21-35(31-51(45)55)47-29-33-13-5-7-15-37(33)39-17-9-11-19-41(39)47)26-28-50-54(44)46-24-22-36(32-52(46)56(50,3)4)48-30-34-14-6-8-16-38(34)40-18-10-12-20-42(40)48/h5-32H,1-4H3. The van der Waals surface area contributed by atoms with Gasteiger partial charge in [0, 0.05) is 10.8 Å². The van der Waals surface area contributed by atoms with Gasteiger partial charge < -0.3 is 0 Å². The van der Waals surface area contributed by atoms with Gasteiger partial charge in [-0.05, 0) is 145 Å². The van der Waals surface area contributed by atoms with E-state index < -0.39 is 0 Å². The molecule has 0 spiro atoms. The van der Waals surface area contributed by atoms with Gasteiger partial charge >= 0.3 is 0 Å². The van der Waals surface area contributed by atoms with Crippen molar-refractivity contribution in [3.05, 3.63) is 192 Å². The summed E-state index contributed by atoms with van der Waals surface area (Å²) in [5.74, 6) is 0. The first kappa shape index (κ1) is 31.8. The molecule has 0 nitrogen and oxygen atoms in total. The van der Waals surface area contributed by atoms with Gasteiger partial charge in [0.25, 0.3) is 0 Å². The molecule has 12 rings (SSSR count). The number of rotatable bonds is 2. The third kappa shape index (κ3) is 4.14. The van der Waals surface area contributed by atoms with Crippen molar-refractivity contribution in [3.63, 3.8) is 0 Å². The molecule has 0 radical (unpaired) electrons. The SMILES string of the molecule is CC1(C)c2cc(-c3cc4ccccc4c4ccccc34)ccc2-c2c1ccc1c3c(ccc21)C(C)(C)c1cc(-c2cc4ccccc4c4ccccc24)ccc1-3. The van der Waals surface area contributed by atoms with Crippen molar-refractivity contribution in [3.8, 4) is 44.5 Å². The zero-order chi connectivity index (χ0) is 37.5. The monoisotopic (exact) mass is 712 g/mol. The van der Waals surface area contributed by atoms with Crippen LogP contribution in [0.1, 0.15) is 49.9 Å². The Morgan fingerprint density at radius 2 is 0.643 bits per heavy atom. The minimum atomic E-state index is -0.130. The lowest BCUT2D eigenvalue weighted by Crippen LogP contribution is -2.15. The predicted molar refractivity (Wildman–Crippen MR) is 240 cm³/mol. The van der Waals surface area contributed by atoms with Crippen LogP contribution < -0.4 is 0 Å². The van der Waals surface area contributed by atoms with E-state index in [1.807, 2.05) is 0 Å². The van der Waals surface area contributed by atoms with Crippen LogP contribution in [0, 0.1) is 0 Å². The molecule has 10 aromatic rings. The van der Waals surface area contributed by atoms with Crippen molar-refractivity contribution in [1.82, 2.24) is 0 Å². The molecule has 264 valence electrons. The van der Waals surface area contributed by atoms with E-state index in [1.54, 1.807) is 0 Å². The van der Waals surface area contributed by atoms with E-state index in [-0.39, 0.29) is 10.8 Å². The van der Waals surface area contributed by atoms with Gasteiger partial charge in [0.2, 0.25) is 0 Å². The maximum absolute atomic E-state index is 2.49. The molecule has 0 unspecified atom stereocenters. The van der Waals surface area contributed by atoms with Crippen LogP contribution in [0.25, 0.3) is 98.4 Å². The lowest BCUT2D eigenvalue weighted by Gasteiger charge is -2.23. The fourth-order valence-corrected chi connectivity index (χ4v) is 10.8. The minimum absolute atomic E-state index is 0.130. The summed E-state index contributed by atoms with van der Waals surface area (Å²) in [4.78, 5) is 0. The molecule has 0 fully saturated rings. The van der Waals surface area contributed by atoms with Crippen LogP contribution in [-0.2, 0) is 10.8 Å². The van der Waals surface area contributed by atoms with Gasteiger partial charge in [0.05, 0.1) is 0 Å². The Kier molecular flexibility index (Phi) is 6.28. The quantitative estimate of drug-likeness (QED) is 0.157. The van der Waals surface area contributed by atoms with Crippen LogP contribution in [0.5, 0.6) is 0 Å². The fourth-order valence-electron chi connectivity index (χ4n) is 10.8. The molecule has 0 saturated heterocycles. The second-order valence-corrected chi connectivity index (χ2v) is 17.2. The predicted octanol–water partition coefficient (Wildman–Crippen LogP) is 15.4. The van der Waals surface area contributed by atoms with Crippen LogP contribution >= 0.6 is 0 Å². The van der Waals surface area contributed by atoms with E-state index in [0.29, 0.717) is 0 Å². The van der Waals surface area contributed by atoms with Gasteiger partial charge in [-0.1, -0.05) is 173 Å². The van der Waals surface area contributed by atoms with Crippen LogP contribution in [0.3, 0.4) is 0 Å². The number of hydrogen-bond donors (Lipinski definition) is 0. The van der Waals surface area contributed by atoms with Crippen LogP contribution in [0.4, 0.5) is 0 Å². The van der Waals surface area contributed by atoms with E-state index in [9.17, 15) is 0 Å². The van der Waals surface area contributed by atoms with Crippen molar-refractivity contribution in [2.45, 2.75) is 38.5 Å². The molecule has 0 saturated carbocycles. The van der Waals surface area contributed by atoms with Crippen LogP contribution in [0.2, 0.25) is 0 Å². The Morgan fingerprint density at radius 3 is 1.07 bits per heavy atom. The summed E-state index contributed by atoms with van der Waals surface area (Å²) >= 11 is 0. The summed E-state index contributed by atoms with van der Waals surface area (Å²) in [6.45, 7) is 9.65. The zero-order valence-corrected chi connectivity index (χ0v) is 32.2. The number of fused-ring (bicyclic) bond motifs is 15. The molecular weight excluding hydrogens is 673 g/mol. The summed E-state index contributed by atoms with van der Waals surface area (Å²) in [5, 5.41) is 13.1. The van der Waals surface area contributed by atoms with Gasteiger partial charge in [-0.25, -0.2) is 0 Å². The Morgan fingerprint density at radius 1 is 0.268 bits per heavy atom. The molecular formula is C56H40. The highest BCUT2D eigenvalue weighted by molar-refractivity contribution is 6.16. The highest BCUT2D eigenvalue weighted by atomic mass is 14.4. The van der Waals surface area contributed by atoms with E-state index in [1.165, 1.54) is 121 Å². The molecule has 2 aliphatic rings. The molecule has 0 amide bonds. The highest BCUT2D eigenvalue weighted by Crippen LogP contribution is 2.57. The van der Waals surface area contributed by atoms with Gasteiger partial charge in [-0.3, -0.25) is 0 Å². The molecule has 0 aromatic heterocycles. The average Bonchev–Trinajstić information content (AvgIpc) is 3.62. The lowest BCUT2D eigenvalue weighted by atomic mass is 9.80. The first-order valence-electron chi connectivity index (χ1n) is 20.0. The third-order valence-corrected chi connectivity index (χ3v) is 13.6. The largest absolute Gasteiger partial charge is 0.0616 e. The highest BCUT2D eigenvalue weighted by Gasteiger charge is 2.40. The molecule has 0 aliphatic heterocycles. The van der Waals surface area contributed by atoms with Gasteiger partial charge in [0.15, 0.2) is 0 Å². The zero-order valence-electron chi connectivity index (χ0n) is 32.2. The Balaban J connectivity index is 1.03. The van der Waals surface area contributed by atoms with Gasteiger partial charge in [-0.2, -0.15) is 0 Å². The average molecular weight is 713 g/mol. The van der Waals surface area contributed by atoms with Crippen molar-refractivity contribution in [2.75, 3.05) is 0 Å². The lowest BCUT2D eigenvalue weighted by molar-refractivity contribution is 0.660. The Hall–Kier alpha value is -6.50. The maximum atomic E-state index is 2.49. The van der Waals surface area contributed by atoms with Gasteiger partial charge in [0.1, 0.15) is 0 Å². The molecule has 0 bridgehead atoms.